The molecule has 2 saturated heterocycles. The first kappa shape index (κ1) is 20.4. The van der Waals surface area contributed by atoms with Gasteiger partial charge in [0.25, 0.3) is 0 Å². The topological polar surface area (TPSA) is 15.7 Å². The monoisotopic (exact) mass is 424 g/mol. The average Bonchev–Trinajstić information content (AvgIpc) is 3.26. The highest BCUT2D eigenvalue weighted by atomic mass is 35.5. The lowest BCUT2D eigenvalue weighted by molar-refractivity contribution is 0.204. The van der Waals surface area contributed by atoms with Gasteiger partial charge in [0.2, 0.25) is 0 Å². The Morgan fingerprint density at radius 1 is 0.933 bits per heavy atom. The molecule has 0 saturated carbocycles. The standard InChI is InChI=1S/C26H33ClN2O/c27-21-8-4-7-20(17-21)25-19-29-15-5-9-26(29)24-18-22(10-11-23(24)25)30-16-6-14-28-12-2-1-3-13-28/h4,7-8,10-11,17-18,25-26H,1-3,5-6,9,12-16,19H2/t25-,26+/m0/s1. The van der Waals surface area contributed by atoms with Crippen LogP contribution in [-0.2, 0) is 0 Å². The molecule has 0 aromatic heterocycles. The van der Waals surface area contributed by atoms with Gasteiger partial charge in [0.05, 0.1) is 6.61 Å². The van der Waals surface area contributed by atoms with Gasteiger partial charge in [-0.15, -0.1) is 0 Å². The quantitative estimate of drug-likeness (QED) is 0.538. The number of hydrogen-bond acceptors (Lipinski definition) is 3. The Bertz CT molecular complexity index is 864. The van der Waals surface area contributed by atoms with Gasteiger partial charge < -0.3 is 9.64 Å². The summed E-state index contributed by atoms with van der Waals surface area (Å²) in [6.45, 7) is 6.79. The van der Waals surface area contributed by atoms with Crippen LogP contribution in [0.2, 0.25) is 5.02 Å². The van der Waals surface area contributed by atoms with Crippen molar-refractivity contribution in [2.45, 2.75) is 50.5 Å². The van der Waals surface area contributed by atoms with Gasteiger partial charge in [-0.05, 0) is 92.7 Å². The summed E-state index contributed by atoms with van der Waals surface area (Å²) in [6, 6.07) is 15.8. The number of nitrogens with zero attached hydrogens (tertiary/aromatic N) is 2. The van der Waals surface area contributed by atoms with Crippen LogP contribution in [0, 0.1) is 0 Å². The number of piperidine rings is 1. The van der Waals surface area contributed by atoms with E-state index in [0.717, 1.165) is 36.9 Å². The first-order chi connectivity index (χ1) is 14.8. The Morgan fingerprint density at radius 2 is 1.83 bits per heavy atom. The smallest absolute Gasteiger partial charge is 0.119 e. The van der Waals surface area contributed by atoms with Crippen LogP contribution >= 0.6 is 11.6 Å². The molecule has 0 amide bonds. The molecule has 0 bridgehead atoms. The third-order valence-corrected chi connectivity index (χ3v) is 7.40. The van der Waals surface area contributed by atoms with Crippen molar-refractivity contribution in [3.05, 3.63) is 64.2 Å². The number of ether oxygens (including phenoxy) is 1. The largest absolute Gasteiger partial charge is 0.494 e. The summed E-state index contributed by atoms with van der Waals surface area (Å²) in [5.74, 6) is 1.42. The van der Waals surface area contributed by atoms with Crippen LogP contribution in [0.3, 0.4) is 0 Å². The summed E-state index contributed by atoms with van der Waals surface area (Å²) in [5, 5.41) is 0.825. The lowest BCUT2D eigenvalue weighted by Gasteiger charge is -2.37. The van der Waals surface area contributed by atoms with E-state index in [4.69, 9.17) is 16.3 Å². The van der Waals surface area contributed by atoms with Crippen LogP contribution in [0.15, 0.2) is 42.5 Å². The van der Waals surface area contributed by atoms with Gasteiger partial charge in [-0.2, -0.15) is 0 Å². The third kappa shape index (κ3) is 4.39. The molecular formula is C26H33ClN2O. The minimum atomic E-state index is 0.390. The van der Waals surface area contributed by atoms with E-state index in [2.05, 4.69) is 46.2 Å². The fourth-order valence-electron chi connectivity index (χ4n) is 5.65. The van der Waals surface area contributed by atoms with E-state index < -0.39 is 0 Å². The minimum Gasteiger partial charge on any atom is -0.494 e. The highest BCUT2D eigenvalue weighted by Gasteiger charge is 2.36. The molecule has 0 aliphatic carbocycles. The highest BCUT2D eigenvalue weighted by molar-refractivity contribution is 6.30. The van der Waals surface area contributed by atoms with Gasteiger partial charge in [0.1, 0.15) is 5.75 Å². The molecule has 3 nitrogen and oxygen atoms in total. The molecule has 30 heavy (non-hydrogen) atoms. The van der Waals surface area contributed by atoms with Crippen molar-refractivity contribution < 1.29 is 4.74 Å². The van der Waals surface area contributed by atoms with Crippen molar-refractivity contribution in [3.8, 4) is 5.75 Å². The normalized spacial score (nSPS) is 24.4. The molecule has 5 rings (SSSR count). The van der Waals surface area contributed by atoms with E-state index in [1.807, 2.05) is 6.07 Å². The van der Waals surface area contributed by atoms with E-state index in [-0.39, 0.29) is 0 Å². The average molecular weight is 425 g/mol. The van der Waals surface area contributed by atoms with Crippen LogP contribution < -0.4 is 4.74 Å². The summed E-state index contributed by atoms with van der Waals surface area (Å²) < 4.78 is 6.21. The maximum atomic E-state index is 6.32. The number of hydrogen-bond donors (Lipinski definition) is 0. The summed E-state index contributed by atoms with van der Waals surface area (Å²) >= 11 is 6.32. The molecule has 0 radical (unpaired) electrons. The zero-order valence-electron chi connectivity index (χ0n) is 17.9. The zero-order chi connectivity index (χ0) is 20.3. The van der Waals surface area contributed by atoms with Gasteiger partial charge in [0, 0.05) is 30.1 Å². The van der Waals surface area contributed by atoms with Crippen molar-refractivity contribution in [3.63, 3.8) is 0 Å². The molecule has 3 aliphatic rings. The summed E-state index contributed by atoms with van der Waals surface area (Å²) in [7, 11) is 0. The first-order valence-corrected chi connectivity index (χ1v) is 12.1. The Morgan fingerprint density at radius 3 is 2.70 bits per heavy atom. The molecule has 2 atom stereocenters. The molecule has 3 heterocycles. The predicted molar refractivity (Wildman–Crippen MR) is 124 cm³/mol. The van der Waals surface area contributed by atoms with Crippen molar-refractivity contribution in [1.82, 2.24) is 9.80 Å². The van der Waals surface area contributed by atoms with E-state index in [9.17, 15) is 0 Å². The molecule has 0 spiro atoms. The van der Waals surface area contributed by atoms with Crippen molar-refractivity contribution in [2.24, 2.45) is 0 Å². The van der Waals surface area contributed by atoms with Gasteiger partial charge in [-0.1, -0.05) is 36.2 Å². The van der Waals surface area contributed by atoms with Crippen molar-refractivity contribution in [2.75, 3.05) is 39.3 Å². The number of fused-ring (bicyclic) bond motifs is 3. The molecule has 3 aliphatic heterocycles. The summed E-state index contributed by atoms with van der Waals surface area (Å²) in [6.07, 6.45) is 7.77. The van der Waals surface area contributed by atoms with Crippen LogP contribution in [0.5, 0.6) is 5.75 Å². The Labute approximate surface area is 186 Å². The maximum Gasteiger partial charge on any atom is 0.119 e. The number of likely N-dealkylation sites (tertiary alicyclic amines) is 1. The zero-order valence-corrected chi connectivity index (χ0v) is 18.6. The third-order valence-electron chi connectivity index (χ3n) is 7.16. The fraction of sp³-hybridized carbons (Fsp3) is 0.538. The molecular weight excluding hydrogens is 392 g/mol. The Kier molecular flexibility index (Phi) is 6.31. The minimum absolute atomic E-state index is 0.390. The number of benzene rings is 2. The van der Waals surface area contributed by atoms with Gasteiger partial charge in [-0.3, -0.25) is 4.90 Å². The highest BCUT2D eigenvalue weighted by Crippen LogP contribution is 2.45. The number of halogens is 1. The van der Waals surface area contributed by atoms with Crippen LogP contribution in [0.4, 0.5) is 0 Å². The first-order valence-electron chi connectivity index (χ1n) is 11.8. The fourth-order valence-corrected chi connectivity index (χ4v) is 5.85. The second-order valence-corrected chi connectivity index (χ2v) is 9.59. The van der Waals surface area contributed by atoms with E-state index >= 15 is 0 Å². The molecule has 4 heteroatoms. The predicted octanol–water partition coefficient (Wildman–Crippen LogP) is 5.88. The van der Waals surface area contributed by atoms with Crippen molar-refractivity contribution >= 4 is 11.6 Å². The summed E-state index contributed by atoms with van der Waals surface area (Å²) in [4.78, 5) is 5.25. The van der Waals surface area contributed by atoms with Gasteiger partial charge in [-0.25, -0.2) is 0 Å². The molecule has 2 aromatic carbocycles. The second kappa shape index (κ2) is 9.30. The molecule has 2 aromatic rings. The van der Waals surface area contributed by atoms with Crippen molar-refractivity contribution in [1.29, 1.82) is 0 Å². The van der Waals surface area contributed by atoms with Crippen LogP contribution in [0.25, 0.3) is 0 Å². The molecule has 0 unspecified atom stereocenters. The second-order valence-electron chi connectivity index (χ2n) is 9.16. The molecule has 0 N–H and O–H groups in total. The Hall–Kier alpha value is -1.55. The summed E-state index contributed by atoms with van der Waals surface area (Å²) in [5.41, 5.74) is 4.25. The van der Waals surface area contributed by atoms with E-state index in [0.29, 0.717) is 12.0 Å². The van der Waals surface area contributed by atoms with Gasteiger partial charge >= 0.3 is 0 Å². The van der Waals surface area contributed by atoms with Crippen LogP contribution in [-0.4, -0.2) is 49.1 Å². The lowest BCUT2D eigenvalue weighted by Crippen LogP contribution is -2.34. The maximum absolute atomic E-state index is 6.32. The van der Waals surface area contributed by atoms with E-state index in [1.165, 1.54) is 68.4 Å². The molecule has 2 fully saturated rings. The number of rotatable bonds is 6. The van der Waals surface area contributed by atoms with Crippen LogP contribution in [0.1, 0.15) is 67.2 Å². The Balaban J connectivity index is 1.30. The van der Waals surface area contributed by atoms with Gasteiger partial charge in [0.15, 0.2) is 0 Å². The van der Waals surface area contributed by atoms with E-state index in [1.54, 1.807) is 0 Å². The molecule has 160 valence electrons. The lowest BCUT2D eigenvalue weighted by atomic mass is 9.81. The SMILES string of the molecule is Clc1cccc([C@@H]2CN3CCC[C@@H]3c3cc(OCCCN4CCCCC4)ccc32)c1.